The van der Waals surface area contributed by atoms with Gasteiger partial charge in [0.25, 0.3) is 11.8 Å². The van der Waals surface area contributed by atoms with Gasteiger partial charge in [-0.1, -0.05) is 13.0 Å². The smallest absolute Gasteiger partial charge is 0.291 e. The Balaban J connectivity index is 1.33. The first kappa shape index (κ1) is 20.3. The second-order valence-corrected chi connectivity index (χ2v) is 8.11. The van der Waals surface area contributed by atoms with Crippen molar-refractivity contribution in [1.29, 1.82) is 0 Å². The van der Waals surface area contributed by atoms with Crippen molar-refractivity contribution in [1.82, 2.24) is 14.8 Å². The maximum atomic E-state index is 12.9. The highest BCUT2D eigenvalue weighted by Gasteiger charge is 2.23. The molecule has 2 amide bonds. The van der Waals surface area contributed by atoms with Crippen LogP contribution in [0.4, 0.5) is 5.69 Å². The number of piperazine rings is 1. The molecule has 2 aromatic heterocycles. The second kappa shape index (κ2) is 9.23. The van der Waals surface area contributed by atoms with Crippen LogP contribution in [0.3, 0.4) is 0 Å². The fourth-order valence-corrected chi connectivity index (χ4v) is 4.17. The Morgan fingerprint density at radius 2 is 2.00 bits per heavy atom. The Bertz CT molecular complexity index is 1010. The summed E-state index contributed by atoms with van der Waals surface area (Å²) in [6, 6.07) is 10.3. The normalized spacial score (nSPS) is 14.6. The third-order valence-electron chi connectivity index (χ3n) is 5.06. The minimum absolute atomic E-state index is 0.0225. The van der Waals surface area contributed by atoms with Gasteiger partial charge in [0.1, 0.15) is 0 Å². The number of carbonyl (C=O) groups excluding carboxylic acids is 2. The monoisotopic (exact) mass is 424 g/mol. The number of aromatic nitrogens is 1. The van der Waals surface area contributed by atoms with Gasteiger partial charge in [-0.2, -0.15) is 0 Å². The average Bonchev–Trinajstić information content (AvgIpc) is 3.46. The fourth-order valence-electron chi connectivity index (χ4n) is 3.44. The van der Waals surface area contributed by atoms with Crippen LogP contribution in [-0.2, 0) is 13.0 Å². The lowest BCUT2D eigenvalue weighted by Crippen LogP contribution is -2.48. The molecule has 3 heterocycles. The number of amides is 2. The Kier molecular flexibility index (Phi) is 6.25. The van der Waals surface area contributed by atoms with Gasteiger partial charge in [0, 0.05) is 49.4 Å². The third kappa shape index (κ3) is 4.77. The quantitative estimate of drug-likeness (QED) is 0.655. The van der Waals surface area contributed by atoms with E-state index in [1.165, 1.54) is 6.26 Å². The molecular formula is C22H24N4O3S. The molecule has 0 atom stereocenters. The summed E-state index contributed by atoms with van der Waals surface area (Å²) < 4.78 is 5.10. The molecule has 30 heavy (non-hydrogen) atoms. The summed E-state index contributed by atoms with van der Waals surface area (Å²) in [4.78, 5) is 33.9. The number of carbonyl (C=O) groups is 2. The highest BCUT2D eigenvalue weighted by Crippen LogP contribution is 2.17. The molecule has 0 aliphatic carbocycles. The second-order valence-electron chi connectivity index (χ2n) is 7.17. The highest BCUT2D eigenvalue weighted by molar-refractivity contribution is 7.09. The zero-order chi connectivity index (χ0) is 20.9. The van der Waals surface area contributed by atoms with Crippen LogP contribution in [0, 0.1) is 0 Å². The van der Waals surface area contributed by atoms with Gasteiger partial charge in [-0.3, -0.25) is 14.5 Å². The molecule has 1 saturated heterocycles. The molecule has 0 spiro atoms. The molecule has 7 nitrogen and oxygen atoms in total. The number of thiazole rings is 1. The molecule has 0 radical (unpaired) electrons. The molecule has 1 aliphatic rings. The van der Waals surface area contributed by atoms with Crippen LogP contribution in [0.15, 0.2) is 52.5 Å². The lowest BCUT2D eigenvalue weighted by Gasteiger charge is -2.34. The summed E-state index contributed by atoms with van der Waals surface area (Å²) in [6.07, 6.45) is 2.42. The van der Waals surface area contributed by atoms with Crippen molar-refractivity contribution in [2.45, 2.75) is 19.9 Å². The predicted molar refractivity (Wildman–Crippen MR) is 116 cm³/mol. The van der Waals surface area contributed by atoms with E-state index in [0.29, 0.717) is 24.3 Å². The molecular weight excluding hydrogens is 400 g/mol. The summed E-state index contributed by atoms with van der Waals surface area (Å²) in [6.45, 7) is 5.93. The Labute approximate surface area is 179 Å². The number of nitrogens with one attached hydrogen (secondary N) is 1. The van der Waals surface area contributed by atoms with Crippen LogP contribution in [0.2, 0.25) is 0 Å². The van der Waals surface area contributed by atoms with Crippen molar-refractivity contribution in [3.8, 4) is 0 Å². The number of rotatable bonds is 6. The van der Waals surface area contributed by atoms with Gasteiger partial charge in [-0.25, -0.2) is 4.98 Å². The van der Waals surface area contributed by atoms with Gasteiger partial charge in [-0.05, 0) is 36.8 Å². The largest absolute Gasteiger partial charge is 0.459 e. The molecule has 1 aromatic carbocycles. The number of hydrogen-bond acceptors (Lipinski definition) is 6. The molecule has 4 rings (SSSR count). The number of nitrogens with zero attached hydrogens (tertiary/aromatic N) is 3. The van der Waals surface area contributed by atoms with E-state index in [-0.39, 0.29) is 17.6 Å². The van der Waals surface area contributed by atoms with Crippen molar-refractivity contribution in [2.75, 3.05) is 31.5 Å². The van der Waals surface area contributed by atoms with E-state index in [1.54, 1.807) is 47.7 Å². The van der Waals surface area contributed by atoms with Crippen LogP contribution in [0.5, 0.6) is 0 Å². The number of furan rings is 1. The highest BCUT2D eigenvalue weighted by atomic mass is 32.1. The van der Waals surface area contributed by atoms with Gasteiger partial charge in [-0.15, -0.1) is 11.3 Å². The van der Waals surface area contributed by atoms with E-state index in [9.17, 15) is 9.59 Å². The number of hydrogen-bond donors (Lipinski definition) is 1. The summed E-state index contributed by atoms with van der Waals surface area (Å²) >= 11 is 1.71. The van der Waals surface area contributed by atoms with Crippen LogP contribution in [-0.4, -0.2) is 52.8 Å². The van der Waals surface area contributed by atoms with Crippen molar-refractivity contribution < 1.29 is 14.0 Å². The summed E-state index contributed by atoms with van der Waals surface area (Å²) in [5.41, 5.74) is 2.24. The Hall–Kier alpha value is -2.97. The summed E-state index contributed by atoms with van der Waals surface area (Å²) in [5, 5.41) is 6.05. The Morgan fingerprint density at radius 3 is 2.70 bits per heavy atom. The van der Waals surface area contributed by atoms with Crippen molar-refractivity contribution in [3.63, 3.8) is 0 Å². The molecule has 1 aliphatic heterocycles. The van der Waals surface area contributed by atoms with Crippen molar-refractivity contribution >= 4 is 28.8 Å². The molecule has 8 heteroatoms. The van der Waals surface area contributed by atoms with Gasteiger partial charge >= 0.3 is 0 Å². The average molecular weight is 425 g/mol. The maximum absolute atomic E-state index is 12.9. The van der Waals surface area contributed by atoms with E-state index >= 15 is 0 Å². The summed E-state index contributed by atoms with van der Waals surface area (Å²) in [7, 11) is 0. The van der Waals surface area contributed by atoms with Crippen molar-refractivity contribution in [3.05, 3.63) is 70.1 Å². The molecule has 1 N–H and O–H groups in total. The number of anilines is 1. The third-order valence-corrected chi connectivity index (χ3v) is 6.10. The lowest BCUT2D eigenvalue weighted by molar-refractivity contribution is 0.0627. The molecule has 0 bridgehead atoms. The van der Waals surface area contributed by atoms with E-state index in [0.717, 1.165) is 36.8 Å². The van der Waals surface area contributed by atoms with E-state index in [1.807, 2.05) is 4.90 Å². The van der Waals surface area contributed by atoms with Gasteiger partial charge in [0.2, 0.25) is 0 Å². The van der Waals surface area contributed by atoms with Crippen LogP contribution in [0.25, 0.3) is 0 Å². The van der Waals surface area contributed by atoms with E-state index in [4.69, 9.17) is 4.42 Å². The minimum Gasteiger partial charge on any atom is -0.459 e. The fraction of sp³-hybridized carbons (Fsp3) is 0.318. The van der Waals surface area contributed by atoms with Crippen molar-refractivity contribution in [2.24, 2.45) is 0 Å². The predicted octanol–water partition coefficient (Wildman–Crippen LogP) is 3.51. The lowest BCUT2D eigenvalue weighted by atomic mass is 10.1. The first-order valence-electron chi connectivity index (χ1n) is 10.0. The maximum Gasteiger partial charge on any atom is 0.291 e. The van der Waals surface area contributed by atoms with Crippen LogP contribution in [0.1, 0.15) is 38.5 Å². The molecule has 0 unspecified atom stereocenters. The first-order chi connectivity index (χ1) is 14.6. The number of benzene rings is 1. The molecule has 3 aromatic rings. The first-order valence-corrected chi connectivity index (χ1v) is 10.9. The van der Waals surface area contributed by atoms with Gasteiger partial charge in [0.05, 0.1) is 17.0 Å². The summed E-state index contributed by atoms with van der Waals surface area (Å²) in [5.74, 6) is -0.133. The molecule has 1 fully saturated rings. The van der Waals surface area contributed by atoms with Gasteiger partial charge in [0.15, 0.2) is 5.76 Å². The topological polar surface area (TPSA) is 78.7 Å². The van der Waals surface area contributed by atoms with E-state index in [2.05, 4.69) is 27.5 Å². The zero-order valence-electron chi connectivity index (χ0n) is 16.8. The molecule has 156 valence electrons. The van der Waals surface area contributed by atoms with Crippen LogP contribution >= 0.6 is 11.3 Å². The van der Waals surface area contributed by atoms with Gasteiger partial charge < -0.3 is 14.6 Å². The zero-order valence-corrected chi connectivity index (χ0v) is 17.7. The molecule has 0 saturated carbocycles. The van der Waals surface area contributed by atoms with Crippen LogP contribution < -0.4 is 5.32 Å². The standard InChI is InChI=1S/C22H24N4O3S/c1-2-20-23-18(15-30-20)14-25-8-10-26(11-9-25)22(28)16-5-3-6-17(13-16)24-21(27)19-7-4-12-29-19/h3-7,12-13,15H,2,8-11,14H2,1H3,(H,24,27). The van der Waals surface area contributed by atoms with E-state index < -0.39 is 0 Å². The Morgan fingerprint density at radius 1 is 1.17 bits per heavy atom. The SMILES string of the molecule is CCc1nc(CN2CCN(C(=O)c3cccc(NC(=O)c4ccco4)c3)CC2)cs1. The minimum atomic E-state index is -0.341. The number of aryl methyl sites for hydroxylation is 1.